The first-order valence-electron chi connectivity index (χ1n) is 5.05. The molecule has 78 valence electrons. The second kappa shape index (κ2) is 4.94. The van der Waals surface area contributed by atoms with Crippen molar-refractivity contribution >= 4 is 0 Å². The highest BCUT2D eigenvalue weighted by atomic mass is 16.5. The minimum atomic E-state index is -0.497. The fraction of sp³-hybridized carbons (Fsp3) is 1.00. The molecule has 3 heteroatoms. The standard InChI is InChI=1S/C10H20O3/c1-7(11)10(13-2)8-5-3-4-6-9(8)12/h7-12H,3-6H2,1-2H3. The summed E-state index contributed by atoms with van der Waals surface area (Å²) in [5.41, 5.74) is 0. The van der Waals surface area contributed by atoms with E-state index in [-0.39, 0.29) is 18.1 Å². The molecular weight excluding hydrogens is 168 g/mol. The van der Waals surface area contributed by atoms with Crippen LogP contribution in [0.2, 0.25) is 0 Å². The highest BCUT2D eigenvalue weighted by Gasteiger charge is 2.33. The third kappa shape index (κ3) is 2.66. The zero-order valence-electron chi connectivity index (χ0n) is 8.44. The Morgan fingerprint density at radius 1 is 1.31 bits per heavy atom. The van der Waals surface area contributed by atoms with Gasteiger partial charge in [-0.05, 0) is 19.8 Å². The van der Waals surface area contributed by atoms with Crippen LogP contribution in [0.1, 0.15) is 32.6 Å². The largest absolute Gasteiger partial charge is 0.393 e. The van der Waals surface area contributed by atoms with Gasteiger partial charge in [0.25, 0.3) is 0 Å². The lowest BCUT2D eigenvalue weighted by Gasteiger charge is -2.34. The Labute approximate surface area is 79.7 Å². The molecule has 0 saturated heterocycles. The van der Waals surface area contributed by atoms with Crippen molar-refractivity contribution in [2.45, 2.75) is 50.9 Å². The van der Waals surface area contributed by atoms with Gasteiger partial charge in [0.2, 0.25) is 0 Å². The van der Waals surface area contributed by atoms with Crippen molar-refractivity contribution in [3.63, 3.8) is 0 Å². The number of hydrogen-bond donors (Lipinski definition) is 2. The molecule has 0 aromatic carbocycles. The van der Waals surface area contributed by atoms with Gasteiger partial charge in [-0.1, -0.05) is 12.8 Å². The van der Waals surface area contributed by atoms with Crippen molar-refractivity contribution < 1.29 is 14.9 Å². The molecule has 0 heterocycles. The van der Waals surface area contributed by atoms with Gasteiger partial charge in [0, 0.05) is 13.0 Å². The van der Waals surface area contributed by atoms with Gasteiger partial charge in [0.05, 0.1) is 18.3 Å². The van der Waals surface area contributed by atoms with Crippen LogP contribution in [0.25, 0.3) is 0 Å². The lowest BCUT2D eigenvalue weighted by molar-refractivity contribution is -0.0853. The third-order valence-corrected chi connectivity index (χ3v) is 2.95. The number of aliphatic hydroxyl groups excluding tert-OH is 2. The molecule has 0 spiro atoms. The predicted molar refractivity (Wildman–Crippen MR) is 50.4 cm³/mol. The molecule has 4 atom stereocenters. The van der Waals surface area contributed by atoms with Crippen LogP contribution in [-0.4, -0.2) is 35.6 Å². The summed E-state index contributed by atoms with van der Waals surface area (Å²) in [6.45, 7) is 1.72. The van der Waals surface area contributed by atoms with Gasteiger partial charge in [0.15, 0.2) is 0 Å². The highest BCUT2D eigenvalue weighted by Crippen LogP contribution is 2.29. The molecule has 4 unspecified atom stereocenters. The van der Waals surface area contributed by atoms with Crippen molar-refractivity contribution in [1.29, 1.82) is 0 Å². The van der Waals surface area contributed by atoms with Gasteiger partial charge >= 0.3 is 0 Å². The second-order valence-corrected chi connectivity index (χ2v) is 3.96. The Bertz CT molecular complexity index is 147. The van der Waals surface area contributed by atoms with Crippen molar-refractivity contribution in [3.05, 3.63) is 0 Å². The van der Waals surface area contributed by atoms with E-state index in [1.807, 2.05) is 0 Å². The SMILES string of the molecule is COC(C(C)O)C1CCCCC1O. The van der Waals surface area contributed by atoms with E-state index in [1.54, 1.807) is 14.0 Å². The lowest BCUT2D eigenvalue weighted by atomic mass is 9.81. The van der Waals surface area contributed by atoms with E-state index in [2.05, 4.69) is 0 Å². The minimum absolute atomic E-state index is 0.110. The molecule has 1 fully saturated rings. The number of methoxy groups -OCH3 is 1. The average Bonchev–Trinajstić information content (AvgIpc) is 2.09. The van der Waals surface area contributed by atoms with Crippen LogP contribution in [0.3, 0.4) is 0 Å². The lowest BCUT2D eigenvalue weighted by Crippen LogP contribution is -2.41. The van der Waals surface area contributed by atoms with Crippen molar-refractivity contribution in [1.82, 2.24) is 0 Å². The van der Waals surface area contributed by atoms with Crippen LogP contribution in [0, 0.1) is 5.92 Å². The molecule has 0 radical (unpaired) electrons. The molecule has 1 saturated carbocycles. The van der Waals surface area contributed by atoms with Gasteiger partial charge in [-0.3, -0.25) is 0 Å². The third-order valence-electron chi connectivity index (χ3n) is 2.95. The van der Waals surface area contributed by atoms with Crippen LogP contribution >= 0.6 is 0 Å². The molecule has 0 aromatic heterocycles. The molecule has 1 rings (SSSR count). The van der Waals surface area contributed by atoms with Gasteiger partial charge < -0.3 is 14.9 Å². The maximum Gasteiger partial charge on any atom is 0.0880 e. The van der Waals surface area contributed by atoms with E-state index < -0.39 is 6.10 Å². The van der Waals surface area contributed by atoms with E-state index in [1.165, 1.54) is 0 Å². The summed E-state index contributed by atoms with van der Waals surface area (Å²) in [4.78, 5) is 0. The molecule has 0 bridgehead atoms. The maximum absolute atomic E-state index is 9.73. The van der Waals surface area contributed by atoms with Gasteiger partial charge in [0.1, 0.15) is 0 Å². The maximum atomic E-state index is 9.73. The summed E-state index contributed by atoms with van der Waals surface area (Å²) in [5.74, 6) is 0.110. The number of ether oxygens (including phenoxy) is 1. The van der Waals surface area contributed by atoms with E-state index in [9.17, 15) is 10.2 Å². The topological polar surface area (TPSA) is 49.7 Å². The first-order valence-corrected chi connectivity index (χ1v) is 5.05. The van der Waals surface area contributed by atoms with Crippen molar-refractivity contribution in [2.24, 2.45) is 5.92 Å². The normalized spacial score (nSPS) is 34.2. The van der Waals surface area contributed by atoms with E-state index in [0.717, 1.165) is 25.7 Å². The number of hydrogen-bond acceptors (Lipinski definition) is 3. The minimum Gasteiger partial charge on any atom is -0.393 e. The van der Waals surface area contributed by atoms with Crippen LogP contribution < -0.4 is 0 Å². The fourth-order valence-corrected chi connectivity index (χ4v) is 2.25. The molecule has 2 N–H and O–H groups in total. The Balaban J connectivity index is 2.55. The summed E-state index contributed by atoms with van der Waals surface area (Å²) in [5, 5.41) is 19.2. The van der Waals surface area contributed by atoms with Gasteiger partial charge in [-0.2, -0.15) is 0 Å². The second-order valence-electron chi connectivity index (χ2n) is 3.96. The predicted octanol–water partition coefficient (Wildman–Crippen LogP) is 0.933. The summed E-state index contributed by atoms with van der Waals surface area (Å²) in [6.07, 6.45) is 3.02. The molecule has 0 aromatic rings. The average molecular weight is 188 g/mol. The molecule has 1 aliphatic carbocycles. The molecule has 0 amide bonds. The summed E-state index contributed by atoms with van der Waals surface area (Å²) >= 11 is 0. The Kier molecular flexibility index (Phi) is 4.16. The Hall–Kier alpha value is -0.120. The highest BCUT2D eigenvalue weighted by molar-refractivity contribution is 4.83. The van der Waals surface area contributed by atoms with Crippen LogP contribution in [0.4, 0.5) is 0 Å². The fourth-order valence-electron chi connectivity index (χ4n) is 2.25. The monoisotopic (exact) mass is 188 g/mol. The van der Waals surface area contributed by atoms with Gasteiger partial charge in [-0.25, -0.2) is 0 Å². The van der Waals surface area contributed by atoms with E-state index in [0.29, 0.717) is 0 Å². The summed E-state index contributed by atoms with van der Waals surface area (Å²) < 4.78 is 5.21. The Morgan fingerprint density at radius 3 is 2.38 bits per heavy atom. The zero-order chi connectivity index (χ0) is 9.84. The van der Waals surface area contributed by atoms with E-state index in [4.69, 9.17) is 4.74 Å². The zero-order valence-corrected chi connectivity index (χ0v) is 8.44. The van der Waals surface area contributed by atoms with Crippen LogP contribution in [-0.2, 0) is 4.74 Å². The first kappa shape index (κ1) is 11.0. The molecular formula is C10H20O3. The summed E-state index contributed by atoms with van der Waals surface area (Å²) in [6, 6.07) is 0. The Morgan fingerprint density at radius 2 is 1.92 bits per heavy atom. The molecule has 3 nitrogen and oxygen atoms in total. The molecule has 0 aliphatic heterocycles. The number of rotatable bonds is 3. The molecule has 13 heavy (non-hydrogen) atoms. The quantitative estimate of drug-likeness (QED) is 0.693. The van der Waals surface area contributed by atoms with E-state index >= 15 is 0 Å². The smallest absolute Gasteiger partial charge is 0.0880 e. The van der Waals surface area contributed by atoms with Crippen molar-refractivity contribution in [2.75, 3.05) is 7.11 Å². The van der Waals surface area contributed by atoms with Crippen molar-refractivity contribution in [3.8, 4) is 0 Å². The van der Waals surface area contributed by atoms with Crippen LogP contribution in [0.15, 0.2) is 0 Å². The first-order chi connectivity index (χ1) is 6.16. The summed E-state index contributed by atoms with van der Waals surface area (Å²) in [7, 11) is 1.60. The van der Waals surface area contributed by atoms with Crippen LogP contribution in [0.5, 0.6) is 0 Å². The number of aliphatic hydroxyl groups is 2. The molecule has 1 aliphatic rings. The van der Waals surface area contributed by atoms with Gasteiger partial charge in [-0.15, -0.1) is 0 Å².